The van der Waals surface area contributed by atoms with E-state index in [-0.39, 0.29) is 17.7 Å². The Labute approximate surface area is 142 Å². The van der Waals surface area contributed by atoms with Crippen molar-refractivity contribution in [3.05, 3.63) is 29.8 Å². The lowest BCUT2D eigenvalue weighted by atomic mass is 9.97. The van der Waals surface area contributed by atoms with Gasteiger partial charge in [-0.3, -0.25) is 9.59 Å². The largest absolute Gasteiger partial charge is 0.369 e. The van der Waals surface area contributed by atoms with Crippen LogP contribution in [0.3, 0.4) is 0 Å². The first kappa shape index (κ1) is 17.8. The van der Waals surface area contributed by atoms with Crippen molar-refractivity contribution in [3.8, 4) is 0 Å². The lowest BCUT2D eigenvalue weighted by Crippen LogP contribution is -3.15. The highest BCUT2D eigenvalue weighted by Crippen LogP contribution is 2.17. The van der Waals surface area contributed by atoms with Gasteiger partial charge < -0.3 is 16.0 Å². The molecule has 0 aliphatic carbocycles. The number of rotatable bonds is 7. The molecule has 0 bridgehead atoms. The number of hydrogen-bond donors (Lipinski definition) is 3. The number of thioether (sulfide) groups is 1. The number of nitrogens with two attached hydrogens (primary N) is 1. The summed E-state index contributed by atoms with van der Waals surface area (Å²) in [5.74, 6) is 0.587. The maximum Gasteiger partial charge on any atom is 0.275 e. The molecule has 4 N–H and O–H groups in total. The average Bonchev–Trinajstić information content (AvgIpc) is 2.53. The van der Waals surface area contributed by atoms with Gasteiger partial charge in [0.2, 0.25) is 5.91 Å². The number of aryl methyl sites for hydroxylation is 1. The van der Waals surface area contributed by atoms with Crippen molar-refractivity contribution in [2.24, 2.45) is 11.7 Å². The van der Waals surface area contributed by atoms with Crippen LogP contribution in [0.4, 0.5) is 0 Å². The minimum absolute atomic E-state index is 0.0506. The molecule has 1 saturated heterocycles. The number of quaternary nitrogens is 1. The Morgan fingerprint density at radius 2 is 2.09 bits per heavy atom. The van der Waals surface area contributed by atoms with E-state index in [0.29, 0.717) is 19.6 Å². The van der Waals surface area contributed by atoms with Crippen molar-refractivity contribution >= 4 is 23.6 Å². The molecular formula is C17H26N3O2S+. The standard InChI is InChI=1S/C17H25N3O2S/c1-13-4-6-15(7-5-13)23-10-8-19-16(21)12-20-9-2-3-14(11-20)17(18)22/h4-7,14H,2-3,8-12H2,1H3,(H2,18,22)(H,19,21)/p+1/t14-/m1/s1. The summed E-state index contributed by atoms with van der Waals surface area (Å²) in [6.45, 7) is 4.78. The number of carbonyl (C=O) groups is 2. The van der Waals surface area contributed by atoms with Crippen LogP contribution in [0, 0.1) is 12.8 Å². The van der Waals surface area contributed by atoms with Crippen LogP contribution in [0.1, 0.15) is 18.4 Å². The van der Waals surface area contributed by atoms with E-state index >= 15 is 0 Å². The van der Waals surface area contributed by atoms with E-state index < -0.39 is 0 Å². The highest BCUT2D eigenvalue weighted by atomic mass is 32.2. The number of amides is 2. The minimum atomic E-state index is -0.239. The Balaban J connectivity index is 1.63. The van der Waals surface area contributed by atoms with E-state index in [0.717, 1.165) is 30.0 Å². The third-order valence-electron chi connectivity index (χ3n) is 4.14. The van der Waals surface area contributed by atoms with E-state index in [1.54, 1.807) is 11.8 Å². The normalized spacial score (nSPS) is 20.9. The highest BCUT2D eigenvalue weighted by molar-refractivity contribution is 7.99. The minimum Gasteiger partial charge on any atom is -0.369 e. The van der Waals surface area contributed by atoms with Crippen LogP contribution in [0.2, 0.25) is 0 Å². The van der Waals surface area contributed by atoms with E-state index in [2.05, 4.69) is 36.5 Å². The molecule has 0 spiro atoms. The molecule has 2 amide bonds. The number of nitrogens with one attached hydrogen (secondary N) is 2. The van der Waals surface area contributed by atoms with Crippen molar-refractivity contribution in [3.63, 3.8) is 0 Å². The van der Waals surface area contributed by atoms with Gasteiger partial charge in [-0.2, -0.15) is 0 Å². The van der Waals surface area contributed by atoms with Gasteiger partial charge in [0, 0.05) is 17.2 Å². The monoisotopic (exact) mass is 336 g/mol. The SMILES string of the molecule is Cc1ccc(SCCNC(=O)C[NH+]2CCC[C@@H](C(N)=O)C2)cc1. The van der Waals surface area contributed by atoms with Crippen molar-refractivity contribution in [2.75, 3.05) is 31.9 Å². The molecule has 0 radical (unpaired) electrons. The zero-order valence-electron chi connectivity index (χ0n) is 13.6. The molecule has 1 aromatic carbocycles. The third kappa shape index (κ3) is 6.23. The summed E-state index contributed by atoms with van der Waals surface area (Å²) in [6, 6.07) is 8.39. The second-order valence-corrected chi connectivity index (χ2v) is 7.30. The number of likely N-dealkylation sites (tertiary alicyclic amines) is 1. The highest BCUT2D eigenvalue weighted by Gasteiger charge is 2.28. The number of benzene rings is 1. The summed E-state index contributed by atoms with van der Waals surface area (Å²) < 4.78 is 0. The van der Waals surface area contributed by atoms with E-state index in [1.807, 2.05) is 0 Å². The van der Waals surface area contributed by atoms with Crippen LogP contribution in [0.25, 0.3) is 0 Å². The molecule has 1 aliphatic rings. The zero-order chi connectivity index (χ0) is 16.7. The van der Waals surface area contributed by atoms with Gasteiger partial charge >= 0.3 is 0 Å². The Morgan fingerprint density at radius 3 is 2.78 bits per heavy atom. The summed E-state index contributed by atoms with van der Waals surface area (Å²) in [6.07, 6.45) is 1.81. The fourth-order valence-corrected chi connectivity index (χ4v) is 3.61. The lowest BCUT2D eigenvalue weighted by molar-refractivity contribution is -0.899. The van der Waals surface area contributed by atoms with E-state index in [4.69, 9.17) is 5.73 Å². The van der Waals surface area contributed by atoms with Crippen molar-refractivity contribution < 1.29 is 14.5 Å². The fraction of sp³-hybridized carbons (Fsp3) is 0.529. The Kier molecular flexibility index (Phi) is 6.92. The first-order valence-electron chi connectivity index (χ1n) is 8.13. The summed E-state index contributed by atoms with van der Waals surface area (Å²) in [5, 5.41) is 2.96. The molecule has 1 unspecified atom stereocenters. The topological polar surface area (TPSA) is 76.6 Å². The number of primary amides is 1. The summed E-state index contributed by atoms with van der Waals surface area (Å²) in [5.41, 5.74) is 6.62. The van der Waals surface area contributed by atoms with Crippen LogP contribution in [0.5, 0.6) is 0 Å². The first-order valence-corrected chi connectivity index (χ1v) is 9.12. The first-order chi connectivity index (χ1) is 11.0. The van der Waals surface area contributed by atoms with Gasteiger partial charge in [0.1, 0.15) is 0 Å². The van der Waals surface area contributed by atoms with Gasteiger partial charge in [-0.05, 0) is 31.9 Å². The van der Waals surface area contributed by atoms with Crippen molar-refractivity contribution in [2.45, 2.75) is 24.7 Å². The van der Waals surface area contributed by atoms with E-state index in [9.17, 15) is 9.59 Å². The zero-order valence-corrected chi connectivity index (χ0v) is 14.5. The van der Waals surface area contributed by atoms with Crippen molar-refractivity contribution in [1.29, 1.82) is 0 Å². The van der Waals surface area contributed by atoms with Crippen LogP contribution >= 0.6 is 11.8 Å². The molecule has 1 aromatic rings. The number of piperidine rings is 1. The molecule has 0 saturated carbocycles. The van der Waals surface area contributed by atoms with E-state index in [1.165, 1.54) is 10.5 Å². The van der Waals surface area contributed by atoms with Crippen LogP contribution in [0.15, 0.2) is 29.2 Å². The lowest BCUT2D eigenvalue weighted by Gasteiger charge is -2.27. The van der Waals surface area contributed by atoms with Crippen molar-refractivity contribution in [1.82, 2.24) is 5.32 Å². The van der Waals surface area contributed by atoms with Gasteiger partial charge in [0.25, 0.3) is 5.91 Å². The molecule has 2 rings (SSSR count). The van der Waals surface area contributed by atoms with Gasteiger partial charge in [-0.15, -0.1) is 11.8 Å². The number of hydrogen-bond acceptors (Lipinski definition) is 3. The molecule has 126 valence electrons. The van der Waals surface area contributed by atoms with Gasteiger partial charge in [-0.1, -0.05) is 17.7 Å². The molecule has 1 fully saturated rings. The molecular weight excluding hydrogens is 310 g/mol. The molecule has 23 heavy (non-hydrogen) atoms. The smallest absolute Gasteiger partial charge is 0.275 e. The third-order valence-corrected chi connectivity index (χ3v) is 5.16. The molecule has 6 heteroatoms. The maximum absolute atomic E-state index is 12.0. The van der Waals surface area contributed by atoms with Crippen LogP contribution in [-0.2, 0) is 9.59 Å². The molecule has 0 aromatic heterocycles. The predicted octanol–water partition coefficient (Wildman–Crippen LogP) is -0.0165. The average molecular weight is 336 g/mol. The summed E-state index contributed by atoms with van der Waals surface area (Å²) >= 11 is 1.74. The number of carbonyl (C=O) groups excluding carboxylic acids is 2. The maximum atomic E-state index is 12.0. The van der Waals surface area contributed by atoms with Crippen LogP contribution in [-0.4, -0.2) is 43.7 Å². The van der Waals surface area contributed by atoms with Gasteiger partial charge in [0.15, 0.2) is 6.54 Å². The fourth-order valence-electron chi connectivity index (χ4n) is 2.84. The second kappa shape index (κ2) is 8.93. The molecule has 5 nitrogen and oxygen atoms in total. The summed E-state index contributed by atoms with van der Waals surface area (Å²) in [7, 11) is 0. The Hall–Kier alpha value is -1.53. The van der Waals surface area contributed by atoms with Gasteiger partial charge in [0.05, 0.1) is 19.0 Å². The molecule has 1 heterocycles. The van der Waals surface area contributed by atoms with Crippen LogP contribution < -0.4 is 16.0 Å². The second-order valence-electron chi connectivity index (χ2n) is 6.13. The molecule has 2 atom stereocenters. The Morgan fingerprint density at radius 1 is 1.35 bits per heavy atom. The Bertz CT molecular complexity index is 533. The quantitative estimate of drug-likeness (QED) is 0.484. The predicted molar refractivity (Wildman–Crippen MR) is 92.4 cm³/mol. The molecule has 1 aliphatic heterocycles. The van der Waals surface area contributed by atoms with Gasteiger partial charge in [-0.25, -0.2) is 0 Å². The summed E-state index contributed by atoms with van der Waals surface area (Å²) in [4.78, 5) is 25.6.